The van der Waals surface area contributed by atoms with Gasteiger partial charge in [0.15, 0.2) is 5.82 Å². The van der Waals surface area contributed by atoms with Crippen LogP contribution in [0.15, 0.2) is 28.9 Å². The average molecular weight is 312 g/mol. The van der Waals surface area contributed by atoms with Crippen LogP contribution in [0.2, 0.25) is 0 Å². The minimum atomic E-state index is 0.0748. The highest BCUT2D eigenvalue weighted by atomic mass is 16.3. The van der Waals surface area contributed by atoms with Gasteiger partial charge in [-0.15, -0.1) is 5.10 Å². The van der Waals surface area contributed by atoms with Gasteiger partial charge in [0.25, 0.3) is 0 Å². The number of anilines is 1. The number of aromatic nitrogens is 2. The van der Waals surface area contributed by atoms with Crippen LogP contribution in [0.4, 0.5) is 5.82 Å². The van der Waals surface area contributed by atoms with Crippen LogP contribution in [0.3, 0.4) is 0 Å². The van der Waals surface area contributed by atoms with E-state index < -0.39 is 0 Å². The monoisotopic (exact) mass is 312 g/mol. The van der Waals surface area contributed by atoms with E-state index in [1.54, 1.807) is 6.26 Å². The normalized spacial score (nSPS) is 22.6. The molecule has 3 heterocycles. The Bertz CT molecular complexity index is 726. The Morgan fingerprint density at radius 2 is 2.26 bits per heavy atom. The summed E-state index contributed by atoms with van der Waals surface area (Å²) >= 11 is 0. The molecule has 0 bridgehead atoms. The summed E-state index contributed by atoms with van der Waals surface area (Å²) in [7, 11) is 3.89. The van der Waals surface area contributed by atoms with Crippen LogP contribution in [0.25, 0.3) is 0 Å². The standard InChI is InChI=1S/C17H20N4O2/c1-20(2)16-8-11-10-21(6-5-14(11)18-19-16)17(22)13-9-12(13)15-4-3-7-23-15/h3-4,7-8,12-13H,5-6,9-10H2,1-2H3/t12-,13-/m0/s1. The number of fused-ring (bicyclic) bond motifs is 1. The predicted octanol–water partition coefficient (Wildman–Crippen LogP) is 1.82. The van der Waals surface area contributed by atoms with E-state index in [0.29, 0.717) is 6.54 Å². The zero-order chi connectivity index (χ0) is 16.0. The zero-order valence-electron chi connectivity index (χ0n) is 13.4. The molecule has 2 atom stereocenters. The summed E-state index contributed by atoms with van der Waals surface area (Å²) in [6, 6.07) is 5.88. The van der Waals surface area contributed by atoms with Crippen LogP contribution in [0, 0.1) is 5.92 Å². The maximum atomic E-state index is 12.7. The van der Waals surface area contributed by atoms with Crippen molar-refractivity contribution in [1.82, 2.24) is 15.1 Å². The third-order valence-electron chi connectivity index (χ3n) is 4.71. The van der Waals surface area contributed by atoms with Crippen LogP contribution >= 0.6 is 0 Å². The summed E-state index contributed by atoms with van der Waals surface area (Å²) in [5, 5.41) is 8.52. The van der Waals surface area contributed by atoms with Crippen LogP contribution in [0.1, 0.15) is 29.4 Å². The number of carbonyl (C=O) groups excluding carboxylic acids is 1. The first kappa shape index (κ1) is 14.2. The third kappa shape index (κ3) is 2.58. The maximum absolute atomic E-state index is 12.7. The predicted molar refractivity (Wildman–Crippen MR) is 85.0 cm³/mol. The fourth-order valence-electron chi connectivity index (χ4n) is 3.24. The molecule has 0 spiro atoms. The molecular formula is C17H20N4O2. The summed E-state index contributed by atoms with van der Waals surface area (Å²) in [6.45, 7) is 1.36. The van der Waals surface area contributed by atoms with E-state index in [1.807, 2.05) is 42.1 Å². The number of nitrogens with zero attached hydrogens (tertiary/aromatic N) is 4. The fraction of sp³-hybridized carbons (Fsp3) is 0.471. The van der Waals surface area contributed by atoms with Gasteiger partial charge in [-0.2, -0.15) is 5.10 Å². The van der Waals surface area contributed by atoms with Gasteiger partial charge in [-0.05, 0) is 30.2 Å². The van der Waals surface area contributed by atoms with Gasteiger partial charge in [0, 0.05) is 45.4 Å². The van der Waals surface area contributed by atoms with Crippen LogP contribution < -0.4 is 4.90 Å². The molecule has 2 aliphatic rings. The highest BCUT2D eigenvalue weighted by Crippen LogP contribution is 2.48. The molecular weight excluding hydrogens is 292 g/mol. The van der Waals surface area contributed by atoms with Crippen molar-refractivity contribution in [3.63, 3.8) is 0 Å². The van der Waals surface area contributed by atoms with E-state index in [1.165, 1.54) is 0 Å². The smallest absolute Gasteiger partial charge is 0.226 e. The van der Waals surface area contributed by atoms with Crippen molar-refractivity contribution in [2.75, 3.05) is 25.5 Å². The highest BCUT2D eigenvalue weighted by Gasteiger charge is 2.47. The summed E-state index contributed by atoms with van der Waals surface area (Å²) < 4.78 is 5.43. The molecule has 2 aromatic heterocycles. The molecule has 6 heteroatoms. The quantitative estimate of drug-likeness (QED) is 0.865. The fourth-order valence-corrected chi connectivity index (χ4v) is 3.24. The van der Waals surface area contributed by atoms with Gasteiger partial charge in [-0.25, -0.2) is 0 Å². The minimum absolute atomic E-state index is 0.0748. The maximum Gasteiger partial charge on any atom is 0.226 e. The van der Waals surface area contributed by atoms with Crippen LogP contribution in [0.5, 0.6) is 0 Å². The molecule has 0 unspecified atom stereocenters. The largest absolute Gasteiger partial charge is 0.469 e. The molecule has 6 nitrogen and oxygen atoms in total. The van der Waals surface area contributed by atoms with Crippen molar-refractivity contribution < 1.29 is 9.21 Å². The molecule has 1 fully saturated rings. The summed E-state index contributed by atoms with van der Waals surface area (Å²) in [5.74, 6) is 2.33. The van der Waals surface area contributed by atoms with Crippen molar-refractivity contribution >= 4 is 11.7 Å². The SMILES string of the molecule is CN(C)c1cc2c(nn1)CCN(C(=O)[C@H]1C[C@@H]1c1ccco1)C2. The molecule has 1 saturated carbocycles. The first-order valence-electron chi connectivity index (χ1n) is 7.98. The van der Waals surface area contributed by atoms with E-state index in [4.69, 9.17) is 4.42 Å². The Kier molecular flexibility index (Phi) is 3.32. The lowest BCUT2D eigenvalue weighted by Crippen LogP contribution is -2.37. The molecule has 120 valence electrons. The third-order valence-corrected chi connectivity index (χ3v) is 4.71. The van der Waals surface area contributed by atoms with Gasteiger partial charge in [0.1, 0.15) is 5.76 Å². The average Bonchev–Trinajstić information content (AvgIpc) is 3.17. The van der Waals surface area contributed by atoms with E-state index in [2.05, 4.69) is 10.2 Å². The van der Waals surface area contributed by atoms with Gasteiger partial charge in [-0.1, -0.05) is 0 Å². The molecule has 1 aliphatic heterocycles. The number of hydrogen-bond donors (Lipinski definition) is 0. The Labute approximate surface area is 135 Å². The number of rotatable bonds is 3. The van der Waals surface area contributed by atoms with E-state index in [0.717, 1.165) is 42.2 Å². The summed E-state index contributed by atoms with van der Waals surface area (Å²) in [5.41, 5.74) is 2.12. The molecule has 0 N–H and O–H groups in total. The highest BCUT2D eigenvalue weighted by molar-refractivity contribution is 5.83. The van der Waals surface area contributed by atoms with Gasteiger partial charge in [0.2, 0.25) is 5.91 Å². The molecule has 1 aliphatic carbocycles. The number of amides is 1. The Hall–Kier alpha value is -2.37. The van der Waals surface area contributed by atoms with Gasteiger partial charge in [0.05, 0.1) is 12.0 Å². The second-order valence-corrected chi connectivity index (χ2v) is 6.54. The summed E-state index contributed by atoms with van der Waals surface area (Å²) in [4.78, 5) is 16.6. The first-order valence-corrected chi connectivity index (χ1v) is 7.98. The van der Waals surface area contributed by atoms with E-state index in [9.17, 15) is 4.79 Å². The summed E-state index contributed by atoms with van der Waals surface area (Å²) in [6.07, 6.45) is 3.35. The lowest BCUT2D eigenvalue weighted by Gasteiger charge is -2.28. The van der Waals surface area contributed by atoms with E-state index >= 15 is 0 Å². The Balaban J connectivity index is 1.47. The van der Waals surface area contributed by atoms with Crippen LogP contribution in [-0.2, 0) is 17.8 Å². The van der Waals surface area contributed by atoms with Gasteiger partial charge in [-0.3, -0.25) is 4.79 Å². The van der Waals surface area contributed by atoms with E-state index in [-0.39, 0.29) is 17.7 Å². The topological polar surface area (TPSA) is 62.5 Å². The van der Waals surface area contributed by atoms with Crippen molar-refractivity contribution in [1.29, 1.82) is 0 Å². The second-order valence-electron chi connectivity index (χ2n) is 6.54. The van der Waals surface area contributed by atoms with Crippen LogP contribution in [-0.4, -0.2) is 41.6 Å². The zero-order valence-corrected chi connectivity index (χ0v) is 13.4. The lowest BCUT2D eigenvalue weighted by atomic mass is 10.1. The molecule has 0 saturated heterocycles. The molecule has 2 aromatic rings. The van der Waals surface area contributed by atoms with Gasteiger partial charge < -0.3 is 14.2 Å². The number of carbonyl (C=O) groups is 1. The Morgan fingerprint density at radius 1 is 1.39 bits per heavy atom. The molecule has 0 radical (unpaired) electrons. The molecule has 23 heavy (non-hydrogen) atoms. The lowest BCUT2D eigenvalue weighted by molar-refractivity contribution is -0.133. The van der Waals surface area contributed by atoms with Crippen molar-refractivity contribution in [2.24, 2.45) is 5.92 Å². The van der Waals surface area contributed by atoms with Crippen molar-refractivity contribution in [3.05, 3.63) is 41.5 Å². The molecule has 1 amide bonds. The van der Waals surface area contributed by atoms with Crippen molar-refractivity contribution in [2.45, 2.75) is 25.3 Å². The molecule has 4 rings (SSSR count). The number of hydrogen-bond acceptors (Lipinski definition) is 5. The Morgan fingerprint density at radius 3 is 3.00 bits per heavy atom. The van der Waals surface area contributed by atoms with Gasteiger partial charge >= 0.3 is 0 Å². The number of furan rings is 1. The minimum Gasteiger partial charge on any atom is -0.469 e. The second kappa shape index (κ2) is 5.37. The molecule has 0 aromatic carbocycles. The first-order chi connectivity index (χ1) is 11.1. The van der Waals surface area contributed by atoms with Crippen molar-refractivity contribution in [3.8, 4) is 0 Å².